The highest BCUT2D eigenvalue weighted by atomic mass is 16.5. The average molecular weight is 259 g/mol. The molecule has 0 saturated carbocycles. The summed E-state index contributed by atoms with van der Waals surface area (Å²) in [5, 5.41) is 7.42. The predicted molar refractivity (Wildman–Crippen MR) is 73.1 cm³/mol. The molecule has 5 heteroatoms. The second-order valence-corrected chi connectivity index (χ2v) is 4.27. The number of nitrogens with one attached hydrogen (secondary N) is 1. The van der Waals surface area contributed by atoms with Crippen molar-refractivity contribution in [1.82, 2.24) is 9.78 Å². The van der Waals surface area contributed by atoms with Gasteiger partial charge in [0.05, 0.1) is 24.9 Å². The van der Waals surface area contributed by atoms with Gasteiger partial charge in [-0.3, -0.25) is 4.68 Å². The number of aryl methyl sites for hydroxylation is 1. The Labute approximate surface area is 112 Å². The van der Waals surface area contributed by atoms with Gasteiger partial charge in [-0.05, 0) is 30.7 Å². The van der Waals surface area contributed by atoms with Gasteiger partial charge in [0.15, 0.2) is 0 Å². The second kappa shape index (κ2) is 5.56. The Morgan fingerprint density at radius 3 is 2.84 bits per heavy atom. The molecule has 0 fully saturated rings. The summed E-state index contributed by atoms with van der Waals surface area (Å²) >= 11 is 0. The molecule has 5 nitrogen and oxygen atoms in total. The van der Waals surface area contributed by atoms with Gasteiger partial charge in [-0.15, -0.1) is 0 Å². The van der Waals surface area contributed by atoms with Crippen LogP contribution < -0.4 is 5.32 Å². The van der Waals surface area contributed by atoms with Crippen LogP contribution in [-0.4, -0.2) is 22.9 Å². The maximum atomic E-state index is 11.6. The normalized spacial score (nSPS) is 10.3. The molecule has 1 aromatic carbocycles. The number of hydrogen-bond acceptors (Lipinski definition) is 4. The molecule has 0 atom stereocenters. The fraction of sp³-hybridized carbons (Fsp3) is 0.286. The molecule has 2 rings (SSSR count). The van der Waals surface area contributed by atoms with E-state index in [2.05, 4.69) is 10.4 Å². The number of rotatable bonds is 4. The predicted octanol–water partition coefficient (Wildman–Crippen LogP) is 2.13. The fourth-order valence-electron chi connectivity index (χ4n) is 1.92. The molecule has 100 valence electrons. The van der Waals surface area contributed by atoms with Crippen molar-refractivity contribution in [3.8, 4) is 0 Å². The van der Waals surface area contributed by atoms with Crippen molar-refractivity contribution in [2.75, 3.05) is 12.4 Å². The molecule has 19 heavy (non-hydrogen) atoms. The van der Waals surface area contributed by atoms with Gasteiger partial charge >= 0.3 is 5.97 Å². The molecule has 0 aliphatic heterocycles. The van der Waals surface area contributed by atoms with Crippen molar-refractivity contribution in [2.45, 2.75) is 13.5 Å². The van der Waals surface area contributed by atoms with E-state index in [0.29, 0.717) is 12.1 Å². The number of carbonyl (C=O) groups excluding carboxylic acids is 1. The Kier molecular flexibility index (Phi) is 3.85. The lowest BCUT2D eigenvalue weighted by Gasteiger charge is -2.12. The first kappa shape index (κ1) is 13.1. The van der Waals surface area contributed by atoms with Crippen molar-refractivity contribution in [3.63, 3.8) is 0 Å². The third-order valence-electron chi connectivity index (χ3n) is 3.12. The molecule has 0 aliphatic carbocycles. The minimum atomic E-state index is -0.318. The second-order valence-electron chi connectivity index (χ2n) is 4.27. The Hall–Kier alpha value is -2.30. The smallest absolute Gasteiger partial charge is 0.338 e. The van der Waals surface area contributed by atoms with E-state index in [1.54, 1.807) is 12.3 Å². The Morgan fingerprint density at radius 2 is 2.21 bits per heavy atom. The summed E-state index contributed by atoms with van der Waals surface area (Å²) < 4.78 is 6.57. The van der Waals surface area contributed by atoms with E-state index in [1.165, 1.54) is 7.11 Å². The van der Waals surface area contributed by atoms with E-state index < -0.39 is 0 Å². The highest BCUT2D eigenvalue weighted by molar-refractivity contribution is 5.92. The Bertz CT molecular complexity index is 590. The quantitative estimate of drug-likeness (QED) is 0.855. The molecule has 1 aromatic heterocycles. The number of nitrogens with zero attached hydrogens (tertiary/aromatic N) is 2. The first-order valence-corrected chi connectivity index (χ1v) is 6.02. The van der Waals surface area contributed by atoms with Crippen LogP contribution in [0.2, 0.25) is 0 Å². The topological polar surface area (TPSA) is 56.1 Å². The highest BCUT2D eigenvalue weighted by Gasteiger charge is 2.11. The monoisotopic (exact) mass is 259 g/mol. The van der Waals surface area contributed by atoms with Crippen LogP contribution in [0.1, 0.15) is 21.6 Å². The van der Waals surface area contributed by atoms with Gasteiger partial charge < -0.3 is 10.1 Å². The van der Waals surface area contributed by atoms with E-state index in [0.717, 1.165) is 16.9 Å². The molecule has 0 saturated heterocycles. The minimum Gasteiger partial charge on any atom is -0.465 e. The maximum Gasteiger partial charge on any atom is 0.338 e. The van der Waals surface area contributed by atoms with Gasteiger partial charge in [0.1, 0.15) is 0 Å². The average Bonchev–Trinajstić information content (AvgIpc) is 2.82. The highest BCUT2D eigenvalue weighted by Crippen LogP contribution is 2.20. The lowest BCUT2D eigenvalue weighted by molar-refractivity contribution is 0.0600. The third kappa shape index (κ3) is 2.76. The van der Waals surface area contributed by atoms with E-state index >= 15 is 0 Å². The van der Waals surface area contributed by atoms with Gasteiger partial charge in [-0.25, -0.2) is 4.79 Å². The molecule has 2 aromatic rings. The van der Waals surface area contributed by atoms with E-state index in [9.17, 15) is 4.79 Å². The zero-order chi connectivity index (χ0) is 13.8. The lowest BCUT2D eigenvalue weighted by atomic mass is 10.1. The van der Waals surface area contributed by atoms with Gasteiger partial charge in [-0.1, -0.05) is 6.07 Å². The number of esters is 1. The molecule has 0 amide bonds. The minimum absolute atomic E-state index is 0.318. The van der Waals surface area contributed by atoms with Gasteiger partial charge in [0, 0.05) is 18.9 Å². The van der Waals surface area contributed by atoms with Crippen molar-refractivity contribution in [1.29, 1.82) is 0 Å². The molecular formula is C14H17N3O2. The number of hydrogen-bond donors (Lipinski definition) is 1. The van der Waals surface area contributed by atoms with E-state index in [4.69, 9.17) is 4.74 Å². The summed E-state index contributed by atoms with van der Waals surface area (Å²) in [6.07, 6.45) is 1.76. The molecule has 0 unspecified atom stereocenters. The van der Waals surface area contributed by atoms with Gasteiger partial charge in [0.25, 0.3) is 0 Å². The largest absolute Gasteiger partial charge is 0.465 e. The number of benzene rings is 1. The zero-order valence-corrected chi connectivity index (χ0v) is 11.3. The summed E-state index contributed by atoms with van der Waals surface area (Å²) in [5.74, 6) is -0.318. The van der Waals surface area contributed by atoms with Crippen LogP contribution in [0, 0.1) is 6.92 Å². The molecule has 0 spiro atoms. The van der Waals surface area contributed by atoms with E-state index in [-0.39, 0.29) is 5.97 Å². The van der Waals surface area contributed by atoms with Crippen LogP contribution in [0.15, 0.2) is 30.5 Å². The summed E-state index contributed by atoms with van der Waals surface area (Å²) in [7, 11) is 3.28. The summed E-state index contributed by atoms with van der Waals surface area (Å²) in [4.78, 5) is 11.6. The molecule has 0 radical (unpaired) electrons. The lowest BCUT2D eigenvalue weighted by Crippen LogP contribution is -2.09. The van der Waals surface area contributed by atoms with Gasteiger partial charge in [0.2, 0.25) is 0 Å². The van der Waals surface area contributed by atoms with Crippen LogP contribution >= 0.6 is 0 Å². The number of carbonyl (C=O) groups is 1. The van der Waals surface area contributed by atoms with Crippen LogP contribution in [0.25, 0.3) is 0 Å². The maximum absolute atomic E-state index is 11.6. The number of aromatic nitrogens is 2. The molecule has 1 heterocycles. The van der Waals surface area contributed by atoms with Crippen molar-refractivity contribution in [2.24, 2.45) is 7.05 Å². The SMILES string of the molecule is COC(=O)c1cccc(NCc2ccnn2C)c1C. The first-order chi connectivity index (χ1) is 9.13. The molecule has 0 aliphatic rings. The van der Waals surface area contributed by atoms with Crippen molar-refractivity contribution < 1.29 is 9.53 Å². The first-order valence-electron chi connectivity index (χ1n) is 6.02. The zero-order valence-electron chi connectivity index (χ0n) is 11.3. The van der Waals surface area contributed by atoms with Gasteiger partial charge in [-0.2, -0.15) is 5.10 Å². The molecular weight excluding hydrogens is 242 g/mol. The molecule has 0 bridgehead atoms. The van der Waals surface area contributed by atoms with Crippen LogP contribution in [-0.2, 0) is 18.3 Å². The van der Waals surface area contributed by atoms with Crippen LogP contribution in [0.4, 0.5) is 5.69 Å². The number of methoxy groups -OCH3 is 1. The number of anilines is 1. The standard InChI is InChI=1S/C14H17N3O2/c1-10-12(14(18)19-3)5-4-6-13(10)15-9-11-7-8-16-17(11)2/h4-8,15H,9H2,1-3H3. The van der Waals surface area contributed by atoms with Crippen molar-refractivity contribution in [3.05, 3.63) is 47.3 Å². The molecule has 1 N–H and O–H groups in total. The van der Waals surface area contributed by atoms with Crippen LogP contribution in [0.5, 0.6) is 0 Å². The summed E-state index contributed by atoms with van der Waals surface area (Å²) in [6.45, 7) is 2.56. The summed E-state index contributed by atoms with van der Waals surface area (Å²) in [6, 6.07) is 7.49. The summed E-state index contributed by atoms with van der Waals surface area (Å²) in [5.41, 5.74) is 3.46. The Morgan fingerprint density at radius 1 is 1.42 bits per heavy atom. The van der Waals surface area contributed by atoms with E-state index in [1.807, 2.05) is 36.9 Å². The third-order valence-corrected chi connectivity index (χ3v) is 3.12. The fourth-order valence-corrected chi connectivity index (χ4v) is 1.92. The van der Waals surface area contributed by atoms with Crippen molar-refractivity contribution >= 4 is 11.7 Å². The number of ether oxygens (including phenoxy) is 1. The van der Waals surface area contributed by atoms with Crippen LogP contribution in [0.3, 0.4) is 0 Å². The Balaban J connectivity index is 2.17.